The van der Waals surface area contributed by atoms with Gasteiger partial charge in [0.05, 0.1) is 18.8 Å². The molecule has 0 aliphatic heterocycles. The third kappa shape index (κ3) is 5.52. The number of hydrogen-bond donors (Lipinski definition) is 2. The fourth-order valence-electron chi connectivity index (χ4n) is 1.58. The van der Waals surface area contributed by atoms with Gasteiger partial charge in [0.2, 0.25) is 0 Å². The van der Waals surface area contributed by atoms with Gasteiger partial charge >= 0.3 is 0 Å². The summed E-state index contributed by atoms with van der Waals surface area (Å²) >= 11 is 0. The van der Waals surface area contributed by atoms with Gasteiger partial charge in [-0.3, -0.25) is 0 Å². The first-order valence-electron chi connectivity index (χ1n) is 6.62. The van der Waals surface area contributed by atoms with Crippen molar-refractivity contribution in [2.24, 2.45) is 0 Å². The van der Waals surface area contributed by atoms with Crippen LogP contribution in [0.25, 0.3) is 0 Å². The zero-order valence-electron chi connectivity index (χ0n) is 11.8. The second-order valence-corrected chi connectivity index (χ2v) is 5.19. The maximum atomic E-state index is 9.71. The first-order chi connectivity index (χ1) is 8.49. The van der Waals surface area contributed by atoms with Gasteiger partial charge in [-0.25, -0.2) is 0 Å². The molecule has 0 aliphatic carbocycles. The average Bonchev–Trinajstić information content (AvgIpc) is 2.34. The first-order valence-corrected chi connectivity index (χ1v) is 6.62. The van der Waals surface area contributed by atoms with E-state index in [1.165, 1.54) is 5.56 Å². The molecule has 18 heavy (non-hydrogen) atoms. The van der Waals surface area contributed by atoms with Gasteiger partial charge in [-0.15, -0.1) is 0 Å². The highest BCUT2D eigenvalue weighted by Gasteiger charge is 2.05. The lowest BCUT2D eigenvalue weighted by Crippen LogP contribution is -2.26. The summed E-state index contributed by atoms with van der Waals surface area (Å²) in [6.45, 7) is 9.16. The third-order valence-corrected chi connectivity index (χ3v) is 2.74. The molecule has 102 valence electrons. The molecule has 0 bridgehead atoms. The molecule has 0 spiro atoms. The first kappa shape index (κ1) is 15.0. The van der Waals surface area contributed by atoms with Crippen molar-refractivity contribution in [3.8, 4) is 0 Å². The lowest BCUT2D eigenvalue weighted by molar-refractivity contribution is 0.0112. The van der Waals surface area contributed by atoms with E-state index in [0.717, 1.165) is 5.69 Å². The maximum absolute atomic E-state index is 9.71. The number of rotatable bonds is 7. The Balaban J connectivity index is 2.34. The van der Waals surface area contributed by atoms with Crippen molar-refractivity contribution in [1.29, 1.82) is 0 Å². The van der Waals surface area contributed by atoms with E-state index >= 15 is 0 Å². The van der Waals surface area contributed by atoms with Crippen molar-refractivity contribution in [3.05, 3.63) is 29.8 Å². The zero-order valence-corrected chi connectivity index (χ0v) is 11.8. The minimum atomic E-state index is -0.475. The van der Waals surface area contributed by atoms with Crippen molar-refractivity contribution >= 4 is 5.69 Å². The van der Waals surface area contributed by atoms with Crippen LogP contribution in [0, 0.1) is 0 Å². The Morgan fingerprint density at radius 3 is 2.22 bits per heavy atom. The van der Waals surface area contributed by atoms with E-state index in [9.17, 15) is 5.11 Å². The lowest BCUT2D eigenvalue weighted by atomic mass is 10.0. The van der Waals surface area contributed by atoms with Crippen LogP contribution < -0.4 is 5.32 Å². The summed E-state index contributed by atoms with van der Waals surface area (Å²) in [6.07, 6.45) is -0.317. The second-order valence-electron chi connectivity index (χ2n) is 5.19. The van der Waals surface area contributed by atoms with Crippen LogP contribution in [0.5, 0.6) is 0 Å². The van der Waals surface area contributed by atoms with Crippen LogP contribution in [0.4, 0.5) is 5.69 Å². The van der Waals surface area contributed by atoms with E-state index in [-0.39, 0.29) is 6.10 Å². The van der Waals surface area contributed by atoms with Gasteiger partial charge < -0.3 is 15.2 Å². The molecule has 1 unspecified atom stereocenters. The second kappa shape index (κ2) is 7.39. The van der Waals surface area contributed by atoms with Gasteiger partial charge in [0.1, 0.15) is 0 Å². The van der Waals surface area contributed by atoms with Crippen molar-refractivity contribution in [1.82, 2.24) is 0 Å². The molecule has 3 nitrogen and oxygen atoms in total. The van der Waals surface area contributed by atoms with E-state index in [1.54, 1.807) is 0 Å². The lowest BCUT2D eigenvalue weighted by Gasteiger charge is -2.15. The Kier molecular flexibility index (Phi) is 6.16. The van der Waals surface area contributed by atoms with E-state index < -0.39 is 6.10 Å². The summed E-state index contributed by atoms with van der Waals surface area (Å²) in [4.78, 5) is 0. The van der Waals surface area contributed by atoms with Crippen LogP contribution >= 0.6 is 0 Å². The molecule has 2 N–H and O–H groups in total. The third-order valence-electron chi connectivity index (χ3n) is 2.74. The number of aliphatic hydroxyl groups is 1. The van der Waals surface area contributed by atoms with Gasteiger partial charge in [0.25, 0.3) is 0 Å². The van der Waals surface area contributed by atoms with Crippen LogP contribution in [0.2, 0.25) is 0 Å². The van der Waals surface area contributed by atoms with Crippen molar-refractivity contribution < 1.29 is 9.84 Å². The molecule has 0 saturated carbocycles. The van der Waals surface area contributed by atoms with Crippen LogP contribution in [0.1, 0.15) is 39.2 Å². The Morgan fingerprint density at radius 1 is 1.11 bits per heavy atom. The van der Waals surface area contributed by atoms with Crippen molar-refractivity contribution in [2.75, 3.05) is 18.5 Å². The Morgan fingerprint density at radius 2 is 1.72 bits per heavy atom. The van der Waals surface area contributed by atoms with Gasteiger partial charge in [-0.05, 0) is 37.5 Å². The fraction of sp³-hybridized carbons (Fsp3) is 0.600. The minimum Gasteiger partial charge on any atom is -0.389 e. The topological polar surface area (TPSA) is 41.5 Å². The standard InChI is InChI=1S/C15H25NO2/c1-11(2)13-5-7-14(8-6-13)16-9-15(17)10-18-12(3)4/h5-8,11-12,15-17H,9-10H2,1-4H3. The number of nitrogens with one attached hydrogen (secondary N) is 1. The SMILES string of the molecule is CC(C)OCC(O)CNc1ccc(C(C)C)cc1. The van der Waals surface area contributed by atoms with Crippen LogP contribution in [0.3, 0.4) is 0 Å². The number of ether oxygens (including phenoxy) is 1. The van der Waals surface area contributed by atoms with Gasteiger partial charge in [-0.1, -0.05) is 26.0 Å². The summed E-state index contributed by atoms with van der Waals surface area (Å²) in [7, 11) is 0. The van der Waals surface area contributed by atoms with Crippen molar-refractivity contribution in [3.63, 3.8) is 0 Å². The predicted molar refractivity (Wildman–Crippen MR) is 76.1 cm³/mol. The fourth-order valence-corrected chi connectivity index (χ4v) is 1.58. The Bertz CT molecular complexity index is 333. The van der Waals surface area contributed by atoms with Crippen LogP contribution in [0.15, 0.2) is 24.3 Å². The predicted octanol–water partition coefficient (Wildman–Crippen LogP) is 3.01. The normalized spacial score (nSPS) is 13.1. The van der Waals surface area contributed by atoms with E-state index in [2.05, 4.69) is 31.3 Å². The molecule has 1 aromatic carbocycles. The number of anilines is 1. The highest BCUT2D eigenvalue weighted by molar-refractivity contribution is 5.45. The molecule has 0 heterocycles. The number of benzene rings is 1. The molecule has 0 radical (unpaired) electrons. The van der Waals surface area contributed by atoms with E-state index in [4.69, 9.17) is 4.74 Å². The monoisotopic (exact) mass is 251 g/mol. The Hall–Kier alpha value is -1.06. The molecular weight excluding hydrogens is 226 g/mol. The smallest absolute Gasteiger partial charge is 0.0945 e. The molecule has 0 aliphatic rings. The number of hydrogen-bond acceptors (Lipinski definition) is 3. The summed E-state index contributed by atoms with van der Waals surface area (Å²) in [5.41, 5.74) is 2.35. The van der Waals surface area contributed by atoms with Crippen molar-refractivity contribution in [2.45, 2.75) is 45.8 Å². The van der Waals surface area contributed by atoms with E-state index in [1.807, 2.05) is 26.0 Å². The largest absolute Gasteiger partial charge is 0.389 e. The molecule has 1 atom stereocenters. The molecule has 0 saturated heterocycles. The van der Waals surface area contributed by atoms with Crippen LogP contribution in [-0.4, -0.2) is 30.5 Å². The zero-order chi connectivity index (χ0) is 13.5. The summed E-state index contributed by atoms with van der Waals surface area (Å²) in [6, 6.07) is 8.32. The number of aliphatic hydroxyl groups excluding tert-OH is 1. The molecule has 1 rings (SSSR count). The highest BCUT2D eigenvalue weighted by Crippen LogP contribution is 2.16. The molecule has 0 aromatic heterocycles. The summed E-state index contributed by atoms with van der Waals surface area (Å²) < 4.78 is 5.35. The molecule has 0 amide bonds. The summed E-state index contributed by atoms with van der Waals surface area (Å²) in [5.74, 6) is 0.545. The molecular formula is C15H25NO2. The minimum absolute atomic E-state index is 0.157. The molecule has 1 aromatic rings. The highest BCUT2D eigenvalue weighted by atomic mass is 16.5. The Labute approximate surface area is 110 Å². The quantitative estimate of drug-likeness (QED) is 0.782. The maximum Gasteiger partial charge on any atom is 0.0945 e. The molecule has 0 fully saturated rings. The van der Waals surface area contributed by atoms with Gasteiger partial charge in [-0.2, -0.15) is 0 Å². The van der Waals surface area contributed by atoms with Gasteiger partial charge in [0, 0.05) is 12.2 Å². The van der Waals surface area contributed by atoms with Gasteiger partial charge in [0.15, 0.2) is 0 Å². The van der Waals surface area contributed by atoms with E-state index in [0.29, 0.717) is 19.1 Å². The summed E-state index contributed by atoms with van der Waals surface area (Å²) in [5, 5.41) is 12.9. The molecule has 3 heteroatoms. The van der Waals surface area contributed by atoms with Crippen LogP contribution in [-0.2, 0) is 4.74 Å². The average molecular weight is 251 g/mol.